The molecule has 1 heterocycles. The number of benzene rings is 2. The van der Waals surface area contributed by atoms with E-state index >= 15 is 0 Å². The lowest BCUT2D eigenvalue weighted by Crippen LogP contribution is -2.45. The van der Waals surface area contributed by atoms with Gasteiger partial charge in [-0.1, -0.05) is 37.5 Å². The second kappa shape index (κ2) is 10.0. The quantitative estimate of drug-likeness (QED) is 0.570. The lowest BCUT2D eigenvalue weighted by molar-refractivity contribution is -0.135. The van der Waals surface area contributed by atoms with Gasteiger partial charge in [0.25, 0.3) is 0 Å². The third-order valence-corrected chi connectivity index (χ3v) is 6.59. The molecule has 1 aliphatic carbocycles. The summed E-state index contributed by atoms with van der Waals surface area (Å²) in [6, 6.07) is 12.8. The number of rotatable bonds is 5. The largest absolute Gasteiger partial charge is 0.497 e. The zero-order chi connectivity index (χ0) is 21.6. The summed E-state index contributed by atoms with van der Waals surface area (Å²) >= 11 is 0. The highest BCUT2D eigenvalue weighted by atomic mass is 16.5. The summed E-state index contributed by atoms with van der Waals surface area (Å²) in [7, 11) is 3.48. The molecular formula is C25H34N4O2. The fourth-order valence-electron chi connectivity index (χ4n) is 4.77. The molecule has 1 amide bonds. The molecule has 2 fully saturated rings. The molecule has 1 saturated heterocycles. The van der Waals surface area contributed by atoms with E-state index in [1.54, 1.807) is 14.2 Å². The van der Waals surface area contributed by atoms with Crippen molar-refractivity contribution in [1.82, 2.24) is 15.5 Å². The van der Waals surface area contributed by atoms with Crippen molar-refractivity contribution in [2.24, 2.45) is 10.9 Å². The van der Waals surface area contributed by atoms with Crippen LogP contribution in [-0.2, 0) is 11.3 Å². The summed E-state index contributed by atoms with van der Waals surface area (Å²) in [4.78, 5) is 19.2. The van der Waals surface area contributed by atoms with E-state index in [-0.39, 0.29) is 12.0 Å². The van der Waals surface area contributed by atoms with Crippen molar-refractivity contribution in [2.75, 3.05) is 27.2 Å². The number of methoxy groups -OCH3 is 1. The Labute approximate surface area is 185 Å². The minimum Gasteiger partial charge on any atom is -0.497 e. The fourth-order valence-corrected chi connectivity index (χ4v) is 4.77. The molecule has 166 valence electrons. The van der Waals surface area contributed by atoms with Crippen LogP contribution in [-0.4, -0.2) is 50.1 Å². The molecule has 6 nitrogen and oxygen atoms in total. The third kappa shape index (κ3) is 5.30. The summed E-state index contributed by atoms with van der Waals surface area (Å²) in [6.07, 6.45) is 6.78. The summed E-state index contributed by atoms with van der Waals surface area (Å²) in [5.74, 6) is 2.26. The van der Waals surface area contributed by atoms with Crippen molar-refractivity contribution in [3.8, 4) is 5.75 Å². The number of nitrogens with zero attached hydrogens (tertiary/aromatic N) is 2. The maximum Gasteiger partial charge on any atom is 0.225 e. The van der Waals surface area contributed by atoms with Crippen LogP contribution in [0.15, 0.2) is 41.4 Å². The van der Waals surface area contributed by atoms with E-state index in [1.807, 2.05) is 12.1 Å². The highest BCUT2D eigenvalue weighted by Crippen LogP contribution is 2.27. The Balaban J connectivity index is 1.29. The topological polar surface area (TPSA) is 66.0 Å². The Morgan fingerprint density at radius 3 is 2.65 bits per heavy atom. The molecule has 4 rings (SSSR count). The monoisotopic (exact) mass is 422 g/mol. The number of hydrogen-bond acceptors (Lipinski definition) is 3. The number of likely N-dealkylation sites (tertiary alicyclic amines) is 1. The van der Waals surface area contributed by atoms with Gasteiger partial charge in [-0.2, -0.15) is 0 Å². The van der Waals surface area contributed by atoms with E-state index in [0.717, 1.165) is 44.1 Å². The van der Waals surface area contributed by atoms with Crippen LogP contribution in [0.5, 0.6) is 5.75 Å². The first kappa shape index (κ1) is 21.5. The van der Waals surface area contributed by atoms with E-state index in [1.165, 1.54) is 35.6 Å². The van der Waals surface area contributed by atoms with Crippen molar-refractivity contribution in [2.45, 2.75) is 51.1 Å². The minimum absolute atomic E-state index is 0.248. The predicted molar refractivity (Wildman–Crippen MR) is 125 cm³/mol. The van der Waals surface area contributed by atoms with Crippen LogP contribution in [0.4, 0.5) is 0 Å². The summed E-state index contributed by atoms with van der Waals surface area (Å²) in [5.41, 5.74) is 1.20. The van der Waals surface area contributed by atoms with Crippen LogP contribution in [0, 0.1) is 5.92 Å². The molecule has 2 aromatic rings. The third-order valence-electron chi connectivity index (χ3n) is 6.59. The molecule has 6 heteroatoms. The Morgan fingerprint density at radius 1 is 1.10 bits per heavy atom. The zero-order valence-corrected chi connectivity index (χ0v) is 18.7. The van der Waals surface area contributed by atoms with Crippen LogP contribution >= 0.6 is 0 Å². The average molecular weight is 423 g/mol. The first-order valence-electron chi connectivity index (χ1n) is 11.5. The summed E-state index contributed by atoms with van der Waals surface area (Å²) < 4.78 is 5.31. The van der Waals surface area contributed by atoms with Crippen LogP contribution < -0.4 is 15.4 Å². The van der Waals surface area contributed by atoms with Gasteiger partial charge in [-0.3, -0.25) is 9.79 Å². The van der Waals surface area contributed by atoms with E-state index in [2.05, 4.69) is 44.8 Å². The molecule has 1 saturated carbocycles. The number of hydrogen-bond donors (Lipinski definition) is 2. The number of amides is 1. The molecule has 2 aliphatic rings. The van der Waals surface area contributed by atoms with Crippen LogP contribution in [0.1, 0.15) is 44.1 Å². The van der Waals surface area contributed by atoms with Gasteiger partial charge < -0.3 is 20.3 Å². The zero-order valence-electron chi connectivity index (χ0n) is 18.7. The second-order valence-corrected chi connectivity index (χ2v) is 8.72. The Hall–Kier alpha value is -2.76. The van der Waals surface area contributed by atoms with E-state index in [9.17, 15) is 4.79 Å². The van der Waals surface area contributed by atoms with E-state index in [0.29, 0.717) is 12.5 Å². The predicted octanol–water partition coefficient (Wildman–Crippen LogP) is 3.69. The number of nitrogens with one attached hydrogen (secondary N) is 2. The van der Waals surface area contributed by atoms with Gasteiger partial charge in [-0.25, -0.2) is 0 Å². The van der Waals surface area contributed by atoms with Crippen LogP contribution in [0.2, 0.25) is 0 Å². The highest BCUT2D eigenvalue weighted by molar-refractivity contribution is 5.85. The second-order valence-electron chi connectivity index (χ2n) is 8.72. The van der Waals surface area contributed by atoms with Crippen LogP contribution in [0.25, 0.3) is 10.8 Å². The summed E-state index contributed by atoms with van der Waals surface area (Å²) in [5, 5.41) is 9.28. The SMILES string of the molecule is CN=C(NCc1ccc2cc(OC)ccc2c1)NC1CCN(C(=O)C2CCCCC2)C1. The number of carbonyl (C=O) groups is 1. The van der Waals surface area contributed by atoms with E-state index in [4.69, 9.17) is 4.74 Å². The highest BCUT2D eigenvalue weighted by Gasteiger charge is 2.31. The maximum atomic E-state index is 12.8. The Kier molecular flexibility index (Phi) is 6.95. The van der Waals surface area contributed by atoms with Gasteiger partial charge in [-0.15, -0.1) is 0 Å². The molecular weight excluding hydrogens is 388 g/mol. The normalized spacial score (nSPS) is 20.1. The van der Waals surface area contributed by atoms with Crippen molar-refractivity contribution < 1.29 is 9.53 Å². The molecule has 1 atom stereocenters. The van der Waals surface area contributed by atoms with Crippen molar-refractivity contribution in [3.63, 3.8) is 0 Å². The van der Waals surface area contributed by atoms with Gasteiger partial charge >= 0.3 is 0 Å². The van der Waals surface area contributed by atoms with Gasteiger partial charge in [-0.05, 0) is 53.8 Å². The van der Waals surface area contributed by atoms with Crippen molar-refractivity contribution in [3.05, 3.63) is 42.0 Å². The van der Waals surface area contributed by atoms with Crippen molar-refractivity contribution in [1.29, 1.82) is 0 Å². The van der Waals surface area contributed by atoms with Gasteiger partial charge in [0.1, 0.15) is 5.75 Å². The first-order chi connectivity index (χ1) is 15.2. The smallest absolute Gasteiger partial charge is 0.225 e. The number of guanidine groups is 1. The van der Waals surface area contributed by atoms with Gasteiger partial charge in [0.2, 0.25) is 5.91 Å². The maximum absolute atomic E-state index is 12.8. The van der Waals surface area contributed by atoms with Crippen LogP contribution in [0.3, 0.4) is 0 Å². The Morgan fingerprint density at radius 2 is 1.87 bits per heavy atom. The fraction of sp³-hybridized carbons (Fsp3) is 0.520. The number of carbonyl (C=O) groups excluding carboxylic acids is 1. The van der Waals surface area contributed by atoms with Gasteiger partial charge in [0.15, 0.2) is 5.96 Å². The number of fused-ring (bicyclic) bond motifs is 1. The molecule has 31 heavy (non-hydrogen) atoms. The number of aliphatic imine (C=N–C) groups is 1. The molecule has 0 bridgehead atoms. The molecule has 2 N–H and O–H groups in total. The van der Waals surface area contributed by atoms with Crippen molar-refractivity contribution >= 4 is 22.6 Å². The van der Waals surface area contributed by atoms with Gasteiger partial charge in [0, 0.05) is 38.6 Å². The molecule has 0 aromatic heterocycles. The lowest BCUT2D eigenvalue weighted by atomic mass is 9.88. The average Bonchev–Trinajstić information content (AvgIpc) is 3.29. The molecule has 1 aliphatic heterocycles. The standard InChI is InChI=1S/C25H34N4O2/c1-26-25(27-16-18-8-9-21-15-23(31-2)11-10-20(21)14-18)28-22-12-13-29(17-22)24(30)19-6-4-3-5-7-19/h8-11,14-15,19,22H,3-7,12-13,16-17H2,1-2H3,(H2,26,27,28). The first-order valence-corrected chi connectivity index (χ1v) is 11.5. The molecule has 0 radical (unpaired) electrons. The number of ether oxygens (including phenoxy) is 1. The van der Waals surface area contributed by atoms with Gasteiger partial charge in [0.05, 0.1) is 7.11 Å². The summed E-state index contributed by atoms with van der Waals surface area (Å²) in [6.45, 7) is 2.31. The van der Waals surface area contributed by atoms with E-state index < -0.39 is 0 Å². The molecule has 1 unspecified atom stereocenters. The Bertz CT molecular complexity index is 936. The molecule has 0 spiro atoms. The minimum atomic E-state index is 0.248. The lowest BCUT2D eigenvalue weighted by Gasteiger charge is -2.26. The molecule has 2 aromatic carbocycles.